The fourth-order valence-corrected chi connectivity index (χ4v) is 8.15. The van der Waals surface area contributed by atoms with Crippen molar-refractivity contribution in [1.82, 2.24) is 4.90 Å². The molecule has 0 radical (unpaired) electrons. The van der Waals surface area contributed by atoms with Crippen LogP contribution in [0.15, 0.2) is 0 Å². The lowest BCUT2D eigenvalue weighted by atomic mass is 9.51. The van der Waals surface area contributed by atoms with Gasteiger partial charge in [-0.3, -0.25) is 0 Å². The van der Waals surface area contributed by atoms with Crippen molar-refractivity contribution in [3.63, 3.8) is 0 Å². The fourth-order valence-electron chi connectivity index (χ4n) is 8.15. The Balaban J connectivity index is 0.00000146. The third-order valence-electron chi connectivity index (χ3n) is 9.87. The monoisotopic (exact) mass is 351 g/mol. The highest BCUT2D eigenvalue weighted by Crippen LogP contribution is 2.60. The lowest BCUT2D eigenvalue weighted by Crippen LogP contribution is -2.53. The van der Waals surface area contributed by atoms with Crippen molar-refractivity contribution in [1.29, 1.82) is 0 Å². The van der Waals surface area contributed by atoms with Crippen LogP contribution in [0.4, 0.5) is 0 Å². The van der Waals surface area contributed by atoms with Crippen LogP contribution in [-0.2, 0) is 0 Å². The summed E-state index contributed by atoms with van der Waals surface area (Å²) in [6.45, 7) is 11.9. The lowest BCUT2D eigenvalue weighted by molar-refractivity contribution is -0.0541. The highest BCUT2D eigenvalue weighted by atomic mass is 35.5. The molecule has 6 bridgehead atoms. The van der Waals surface area contributed by atoms with Crippen molar-refractivity contribution in [2.24, 2.45) is 46.3 Å². The summed E-state index contributed by atoms with van der Waals surface area (Å²) in [5.41, 5.74) is 1.16. The van der Waals surface area contributed by atoms with Crippen molar-refractivity contribution in [3.05, 3.63) is 0 Å². The first-order valence-corrected chi connectivity index (χ1v) is 10.7. The summed E-state index contributed by atoms with van der Waals surface area (Å²) in [7, 11) is 0. The van der Waals surface area contributed by atoms with Gasteiger partial charge in [0.2, 0.25) is 0 Å². The second-order valence-corrected chi connectivity index (χ2v) is 11.1. The molecule has 6 fully saturated rings. The normalized spacial score (nSPS) is 51.6. The molecule has 24 heavy (non-hydrogen) atoms. The van der Waals surface area contributed by atoms with Gasteiger partial charge in [0.25, 0.3) is 0 Å². The van der Waals surface area contributed by atoms with Crippen LogP contribution in [0.5, 0.6) is 0 Å². The summed E-state index contributed by atoms with van der Waals surface area (Å²) in [4.78, 5) is 2.88. The number of hydrogen-bond acceptors (Lipinski definition) is 1. The van der Waals surface area contributed by atoms with Gasteiger partial charge in [-0.05, 0) is 104 Å². The summed E-state index contributed by atoms with van der Waals surface area (Å²) in [5.74, 6) is 6.58. The van der Waals surface area contributed by atoms with Gasteiger partial charge in [-0.1, -0.05) is 20.8 Å². The van der Waals surface area contributed by atoms with Crippen LogP contribution in [0.3, 0.4) is 0 Å². The van der Waals surface area contributed by atoms with E-state index in [1.807, 2.05) is 0 Å². The van der Waals surface area contributed by atoms with E-state index in [1.165, 1.54) is 38.9 Å². The molecular weight excluding hydrogens is 314 g/mol. The van der Waals surface area contributed by atoms with Crippen molar-refractivity contribution >= 4 is 12.4 Å². The van der Waals surface area contributed by atoms with Gasteiger partial charge >= 0.3 is 0 Å². The molecule has 138 valence electrons. The summed E-state index contributed by atoms with van der Waals surface area (Å²) in [6.07, 6.45) is 12.5. The molecule has 1 heterocycles. The van der Waals surface area contributed by atoms with Gasteiger partial charge in [-0.25, -0.2) is 0 Å². The summed E-state index contributed by atoms with van der Waals surface area (Å²) in [5, 5.41) is 0. The Morgan fingerprint density at radius 2 is 1.54 bits per heavy atom. The van der Waals surface area contributed by atoms with E-state index >= 15 is 0 Å². The Morgan fingerprint density at radius 1 is 0.917 bits per heavy atom. The summed E-state index contributed by atoms with van der Waals surface area (Å²) in [6, 6.07) is 0. The minimum Gasteiger partial charge on any atom is -0.302 e. The minimum absolute atomic E-state index is 0. The van der Waals surface area contributed by atoms with Gasteiger partial charge in [-0.15, -0.1) is 12.4 Å². The number of piperidine rings is 1. The Hall–Kier alpha value is 0.250. The van der Waals surface area contributed by atoms with E-state index in [-0.39, 0.29) is 12.4 Å². The molecule has 0 aromatic carbocycles. The molecule has 0 aromatic rings. The highest BCUT2D eigenvalue weighted by molar-refractivity contribution is 5.85. The second-order valence-electron chi connectivity index (χ2n) is 11.1. The van der Waals surface area contributed by atoms with E-state index in [2.05, 4.69) is 25.7 Å². The lowest BCUT2D eigenvalue weighted by Gasteiger charge is -2.55. The van der Waals surface area contributed by atoms with E-state index in [0.717, 1.165) is 35.5 Å². The maximum absolute atomic E-state index is 2.88. The molecule has 1 nitrogen and oxygen atoms in total. The standard InChI is InChI=1S/C22H37N.ClH/c1-21(2)19-4-6-22(21,3)14-23(13-19)7-5-20-17-9-15-8-16(11-17)12-18(20)10-15;/h15-20H,4-14H2,1-3H3;1H/t15?,16?,17?,18?,19-,20?,22+;/m0./s1. The van der Waals surface area contributed by atoms with Gasteiger partial charge in [0, 0.05) is 13.1 Å². The highest BCUT2D eigenvalue weighted by Gasteiger charge is 2.55. The number of rotatable bonds is 3. The number of hydrogen-bond donors (Lipinski definition) is 0. The third-order valence-corrected chi connectivity index (χ3v) is 9.87. The predicted octanol–water partition coefficient (Wildman–Crippen LogP) is 5.63. The number of nitrogens with zero attached hydrogens (tertiary/aromatic N) is 1. The number of likely N-dealkylation sites (tertiary alicyclic amines) is 1. The maximum atomic E-state index is 2.88. The Morgan fingerprint density at radius 3 is 2.12 bits per heavy atom. The molecule has 6 aliphatic rings. The maximum Gasteiger partial charge on any atom is 0.00407 e. The van der Waals surface area contributed by atoms with Crippen LogP contribution in [0.2, 0.25) is 0 Å². The molecule has 2 heteroatoms. The zero-order chi connectivity index (χ0) is 15.8. The van der Waals surface area contributed by atoms with Gasteiger partial charge in [0.05, 0.1) is 0 Å². The van der Waals surface area contributed by atoms with Crippen LogP contribution < -0.4 is 0 Å². The van der Waals surface area contributed by atoms with Crippen molar-refractivity contribution in [2.45, 2.75) is 72.1 Å². The molecule has 0 unspecified atom stereocenters. The van der Waals surface area contributed by atoms with Crippen LogP contribution in [0.25, 0.3) is 0 Å². The molecule has 5 saturated carbocycles. The van der Waals surface area contributed by atoms with Crippen molar-refractivity contribution in [3.8, 4) is 0 Å². The van der Waals surface area contributed by atoms with Crippen LogP contribution in [0.1, 0.15) is 72.1 Å². The van der Waals surface area contributed by atoms with Gasteiger partial charge < -0.3 is 4.90 Å². The van der Waals surface area contributed by atoms with Gasteiger partial charge in [-0.2, -0.15) is 0 Å². The molecule has 5 aliphatic carbocycles. The third kappa shape index (κ3) is 2.51. The first-order valence-electron chi connectivity index (χ1n) is 10.7. The summed E-state index contributed by atoms with van der Waals surface area (Å²) >= 11 is 0. The first kappa shape index (κ1) is 17.7. The molecule has 0 N–H and O–H groups in total. The Kier molecular flexibility index (Phi) is 4.32. The average molecular weight is 352 g/mol. The topological polar surface area (TPSA) is 3.24 Å². The average Bonchev–Trinajstić information content (AvgIpc) is 2.62. The Labute approximate surface area is 155 Å². The van der Waals surface area contributed by atoms with E-state index in [1.54, 1.807) is 32.1 Å². The molecule has 1 saturated heterocycles. The van der Waals surface area contributed by atoms with E-state index < -0.39 is 0 Å². The number of fused-ring (bicyclic) bond motifs is 2. The number of halogens is 1. The SMILES string of the molecule is CC1(C)[C@H]2CC[C@]1(C)CN(CCC1C3CC4CC(C3)CC1C4)C2.Cl. The zero-order valence-corrected chi connectivity index (χ0v) is 16.9. The summed E-state index contributed by atoms with van der Waals surface area (Å²) < 4.78 is 0. The van der Waals surface area contributed by atoms with Crippen LogP contribution in [-0.4, -0.2) is 24.5 Å². The minimum atomic E-state index is 0. The first-order chi connectivity index (χ1) is 10.9. The van der Waals surface area contributed by atoms with Crippen molar-refractivity contribution in [2.75, 3.05) is 19.6 Å². The van der Waals surface area contributed by atoms with Crippen LogP contribution >= 0.6 is 12.4 Å². The molecule has 1 aliphatic heterocycles. The quantitative estimate of drug-likeness (QED) is 0.637. The van der Waals surface area contributed by atoms with E-state index in [4.69, 9.17) is 0 Å². The van der Waals surface area contributed by atoms with Gasteiger partial charge in [0.1, 0.15) is 0 Å². The van der Waals surface area contributed by atoms with Crippen LogP contribution in [0, 0.1) is 46.3 Å². The molecule has 0 spiro atoms. The molecule has 6 rings (SSSR count). The Bertz CT molecular complexity index is 458. The van der Waals surface area contributed by atoms with E-state index in [0.29, 0.717) is 10.8 Å². The molecule has 0 aromatic heterocycles. The molecule has 0 amide bonds. The predicted molar refractivity (Wildman–Crippen MR) is 103 cm³/mol. The second kappa shape index (κ2) is 5.88. The zero-order valence-electron chi connectivity index (χ0n) is 16.1. The van der Waals surface area contributed by atoms with Gasteiger partial charge in [0.15, 0.2) is 0 Å². The smallest absolute Gasteiger partial charge is 0.00407 e. The fraction of sp³-hybridized carbons (Fsp3) is 1.00. The van der Waals surface area contributed by atoms with E-state index in [9.17, 15) is 0 Å². The molecule has 2 atom stereocenters. The molecular formula is C22H38ClN. The van der Waals surface area contributed by atoms with Crippen molar-refractivity contribution < 1.29 is 0 Å². The largest absolute Gasteiger partial charge is 0.302 e.